The Hall–Kier alpha value is -6.24. The summed E-state index contributed by atoms with van der Waals surface area (Å²) in [7, 11) is 0. The third-order valence-corrected chi connectivity index (χ3v) is 14.9. The van der Waals surface area contributed by atoms with Gasteiger partial charge in [0, 0.05) is 0 Å². The van der Waals surface area contributed by atoms with Crippen LogP contribution in [0.15, 0.2) is 194 Å². The zero-order chi connectivity index (χ0) is 39.9. The Morgan fingerprint density at radius 2 is 0.638 bits per heavy atom. The van der Waals surface area contributed by atoms with Gasteiger partial charge < -0.3 is 0 Å². The highest BCUT2D eigenvalue weighted by Crippen LogP contribution is 2.65. The summed E-state index contributed by atoms with van der Waals surface area (Å²) in [4.78, 5) is 0. The van der Waals surface area contributed by atoms with Gasteiger partial charge in [-0.15, -0.1) is 0 Å². The van der Waals surface area contributed by atoms with Crippen molar-refractivity contribution in [3.05, 3.63) is 228 Å². The van der Waals surface area contributed by atoms with Crippen molar-refractivity contribution in [2.45, 2.75) is 57.8 Å². The fourth-order valence-corrected chi connectivity index (χ4v) is 10.5. The average Bonchev–Trinajstić information content (AvgIpc) is 3.61. The summed E-state index contributed by atoms with van der Waals surface area (Å²) in [6.07, 6.45) is 0. The molecule has 0 amide bonds. The minimum atomic E-state index is -0.561. The molecule has 0 saturated heterocycles. The Balaban J connectivity index is 1.25. The van der Waals surface area contributed by atoms with Crippen molar-refractivity contribution in [1.29, 1.82) is 0 Å². The lowest BCUT2D eigenvalue weighted by Gasteiger charge is -2.44. The lowest BCUT2D eigenvalue weighted by Crippen LogP contribution is -2.42. The summed E-state index contributed by atoms with van der Waals surface area (Å²) in [5, 5.41) is 0. The number of hydrogen-bond donors (Lipinski definition) is 0. The van der Waals surface area contributed by atoms with E-state index in [4.69, 9.17) is 0 Å². The summed E-state index contributed by atoms with van der Waals surface area (Å²) >= 11 is 0. The van der Waals surface area contributed by atoms with Crippen LogP contribution >= 0.6 is 0 Å². The van der Waals surface area contributed by atoms with Crippen molar-refractivity contribution in [2.75, 3.05) is 0 Å². The molecule has 0 saturated carbocycles. The molecule has 0 radical (unpaired) electrons. The quantitative estimate of drug-likeness (QED) is 0.159. The SMILES string of the molecule is CC1(C)c2cc3c(cc2C(C)(C)C1(C)C)C(c1cccc(-c2cccc(-c4ccccc4)c2)c1)(c1cccc(-c2cccc(-c4ccccc4)c2)c1)c1ccccc1-3. The van der Waals surface area contributed by atoms with Crippen LogP contribution in [-0.2, 0) is 16.2 Å². The maximum absolute atomic E-state index is 2.63. The van der Waals surface area contributed by atoms with E-state index in [1.165, 1.54) is 89.0 Å². The molecule has 0 nitrogen and oxygen atoms in total. The van der Waals surface area contributed by atoms with E-state index in [9.17, 15) is 0 Å². The molecule has 0 N–H and O–H groups in total. The van der Waals surface area contributed by atoms with Crippen LogP contribution in [0.5, 0.6) is 0 Å². The zero-order valence-electron chi connectivity index (χ0n) is 34.5. The van der Waals surface area contributed by atoms with E-state index in [-0.39, 0.29) is 16.2 Å². The molecule has 0 heteroatoms. The van der Waals surface area contributed by atoms with E-state index >= 15 is 0 Å². The van der Waals surface area contributed by atoms with E-state index in [0.29, 0.717) is 0 Å². The van der Waals surface area contributed by atoms with Crippen LogP contribution in [0.1, 0.15) is 74.9 Å². The highest BCUT2D eigenvalue weighted by molar-refractivity contribution is 5.89. The molecule has 0 heterocycles. The second-order valence-corrected chi connectivity index (χ2v) is 18.2. The average molecular weight is 747 g/mol. The molecule has 282 valence electrons. The van der Waals surface area contributed by atoms with Crippen molar-refractivity contribution < 1.29 is 0 Å². The summed E-state index contributed by atoms with van der Waals surface area (Å²) in [5.41, 5.74) is 20.1. The van der Waals surface area contributed by atoms with Gasteiger partial charge in [0.25, 0.3) is 0 Å². The fraction of sp³-hybridized carbons (Fsp3) is 0.172. The van der Waals surface area contributed by atoms with Crippen molar-refractivity contribution in [3.8, 4) is 55.6 Å². The van der Waals surface area contributed by atoms with Crippen molar-refractivity contribution >= 4 is 0 Å². The highest BCUT2D eigenvalue weighted by Gasteiger charge is 2.58. The Morgan fingerprint density at radius 1 is 0.259 bits per heavy atom. The van der Waals surface area contributed by atoms with Gasteiger partial charge in [0.05, 0.1) is 5.41 Å². The van der Waals surface area contributed by atoms with Gasteiger partial charge in [0.15, 0.2) is 0 Å². The van der Waals surface area contributed by atoms with Crippen LogP contribution in [0.3, 0.4) is 0 Å². The van der Waals surface area contributed by atoms with Crippen LogP contribution < -0.4 is 0 Å². The molecule has 0 fully saturated rings. The first-order valence-corrected chi connectivity index (χ1v) is 20.8. The highest BCUT2D eigenvalue weighted by atomic mass is 14.6. The van der Waals surface area contributed by atoms with E-state index in [1.54, 1.807) is 0 Å². The van der Waals surface area contributed by atoms with Gasteiger partial charge in [-0.3, -0.25) is 0 Å². The molecule has 0 atom stereocenters. The molecular formula is C58H50. The predicted molar refractivity (Wildman–Crippen MR) is 245 cm³/mol. The van der Waals surface area contributed by atoms with Crippen LogP contribution in [0.2, 0.25) is 0 Å². The summed E-state index contributed by atoms with van der Waals surface area (Å²) < 4.78 is 0. The number of rotatable bonds is 6. The van der Waals surface area contributed by atoms with Crippen molar-refractivity contribution in [1.82, 2.24) is 0 Å². The predicted octanol–water partition coefficient (Wildman–Crippen LogP) is 15.3. The molecular weight excluding hydrogens is 697 g/mol. The monoisotopic (exact) mass is 746 g/mol. The maximum Gasteiger partial charge on any atom is 0.0714 e. The Morgan fingerprint density at radius 3 is 1.14 bits per heavy atom. The van der Waals surface area contributed by atoms with Gasteiger partial charge in [-0.1, -0.05) is 205 Å². The minimum absolute atomic E-state index is 0.00553. The standard InChI is InChI=1S/C58H50/c1-55(2)53-37-50-49-31-13-14-32-51(49)58(52(50)38-54(53)56(3,4)57(55,5)6,47-29-17-27-45(35-47)43-25-15-23-41(33-43)39-19-9-7-10-20-39)48-30-18-28-46(36-48)44-26-16-24-42(34-44)40-21-11-8-12-22-40/h7-38H,1-6H3. The third kappa shape index (κ3) is 5.21. The summed E-state index contributed by atoms with van der Waals surface area (Å²) in [5.74, 6) is 0. The number of fused-ring (bicyclic) bond motifs is 4. The van der Waals surface area contributed by atoms with E-state index in [1.807, 2.05) is 0 Å². The molecule has 0 bridgehead atoms. The van der Waals surface area contributed by atoms with Crippen LogP contribution in [0.25, 0.3) is 55.6 Å². The molecule has 8 aromatic rings. The van der Waals surface area contributed by atoms with Gasteiger partial charge in [-0.05, 0) is 136 Å². The second kappa shape index (κ2) is 13.2. The molecule has 0 aromatic heterocycles. The Labute approximate surface area is 344 Å². The summed E-state index contributed by atoms with van der Waals surface area (Å²) in [6, 6.07) is 72.7. The smallest absolute Gasteiger partial charge is 0.0622 e. The first kappa shape index (κ1) is 36.1. The lowest BCUT2D eigenvalue weighted by molar-refractivity contribution is 0.125. The molecule has 58 heavy (non-hydrogen) atoms. The van der Waals surface area contributed by atoms with Crippen molar-refractivity contribution in [2.24, 2.45) is 5.41 Å². The third-order valence-electron chi connectivity index (χ3n) is 14.9. The Kier molecular flexibility index (Phi) is 8.19. The molecule has 0 aliphatic heterocycles. The molecule has 2 aliphatic carbocycles. The van der Waals surface area contributed by atoms with Crippen LogP contribution in [0, 0.1) is 5.41 Å². The van der Waals surface area contributed by atoms with Gasteiger partial charge in [-0.2, -0.15) is 0 Å². The van der Waals surface area contributed by atoms with Crippen LogP contribution in [-0.4, -0.2) is 0 Å². The normalized spacial score (nSPS) is 16.3. The van der Waals surface area contributed by atoms with Gasteiger partial charge in [0.2, 0.25) is 0 Å². The molecule has 0 unspecified atom stereocenters. The summed E-state index contributed by atoms with van der Waals surface area (Å²) in [6.45, 7) is 14.8. The first-order valence-electron chi connectivity index (χ1n) is 20.8. The number of hydrogen-bond acceptors (Lipinski definition) is 0. The van der Waals surface area contributed by atoms with E-state index < -0.39 is 5.41 Å². The first-order chi connectivity index (χ1) is 28.0. The Bertz CT molecular complexity index is 2720. The largest absolute Gasteiger partial charge is 0.0714 e. The van der Waals surface area contributed by atoms with Crippen molar-refractivity contribution in [3.63, 3.8) is 0 Å². The van der Waals surface area contributed by atoms with Gasteiger partial charge in [-0.25, -0.2) is 0 Å². The van der Waals surface area contributed by atoms with Gasteiger partial charge >= 0.3 is 0 Å². The van der Waals surface area contributed by atoms with Crippen LogP contribution in [0.4, 0.5) is 0 Å². The molecule has 2 aliphatic rings. The zero-order valence-corrected chi connectivity index (χ0v) is 34.5. The fourth-order valence-electron chi connectivity index (χ4n) is 10.5. The lowest BCUT2D eigenvalue weighted by atomic mass is 9.59. The number of benzene rings is 8. The molecule has 8 aromatic carbocycles. The second-order valence-electron chi connectivity index (χ2n) is 18.2. The van der Waals surface area contributed by atoms with Gasteiger partial charge in [0.1, 0.15) is 0 Å². The topological polar surface area (TPSA) is 0 Å². The molecule has 10 rings (SSSR count). The minimum Gasteiger partial charge on any atom is -0.0622 e. The van der Waals surface area contributed by atoms with E-state index in [2.05, 4.69) is 236 Å². The maximum atomic E-state index is 2.63. The van der Waals surface area contributed by atoms with E-state index in [0.717, 1.165) is 0 Å². The molecule has 0 spiro atoms.